The lowest BCUT2D eigenvalue weighted by atomic mass is 10.2. The van der Waals surface area contributed by atoms with Crippen LogP contribution < -0.4 is 0 Å². The van der Waals surface area contributed by atoms with Crippen LogP contribution >= 0.6 is 11.8 Å². The molecule has 1 aromatic carbocycles. The molecule has 1 saturated heterocycles. The van der Waals surface area contributed by atoms with Gasteiger partial charge >= 0.3 is 0 Å². The third kappa shape index (κ3) is 3.44. The minimum Gasteiger partial charge on any atom is -0.376 e. The molecule has 1 aliphatic rings. The molecule has 0 spiro atoms. The van der Waals surface area contributed by atoms with E-state index >= 15 is 0 Å². The van der Waals surface area contributed by atoms with E-state index in [1.165, 1.54) is 11.8 Å². The number of hydrogen-bond donors (Lipinski definition) is 1. The first-order valence-corrected chi connectivity index (χ1v) is 9.99. The molecule has 26 heavy (non-hydrogen) atoms. The Morgan fingerprint density at radius 1 is 1.38 bits per heavy atom. The number of ether oxygens (including phenoxy) is 1. The maximum Gasteiger partial charge on any atom is 0.175 e. The van der Waals surface area contributed by atoms with E-state index in [0.717, 1.165) is 59.1 Å². The maximum atomic E-state index is 12.7. The van der Waals surface area contributed by atoms with E-state index in [2.05, 4.69) is 21.5 Å². The van der Waals surface area contributed by atoms with Crippen molar-refractivity contribution in [1.82, 2.24) is 14.5 Å². The van der Waals surface area contributed by atoms with Gasteiger partial charge in [0.25, 0.3) is 0 Å². The molecule has 0 amide bonds. The lowest BCUT2D eigenvalue weighted by Crippen LogP contribution is -2.17. The zero-order valence-corrected chi connectivity index (χ0v) is 15.9. The Balaban J connectivity index is 1.45. The second-order valence-electron chi connectivity index (χ2n) is 6.80. The van der Waals surface area contributed by atoms with Crippen molar-refractivity contribution >= 4 is 28.6 Å². The number of hydrogen-bond acceptors (Lipinski definition) is 4. The van der Waals surface area contributed by atoms with E-state index in [4.69, 9.17) is 4.74 Å². The van der Waals surface area contributed by atoms with Gasteiger partial charge in [0.1, 0.15) is 0 Å². The number of H-pyrrole nitrogens is 1. The van der Waals surface area contributed by atoms with E-state index < -0.39 is 0 Å². The summed E-state index contributed by atoms with van der Waals surface area (Å²) in [4.78, 5) is 20.5. The largest absolute Gasteiger partial charge is 0.376 e. The van der Waals surface area contributed by atoms with Crippen LogP contribution in [0.4, 0.5) is 0 Å². The summed E-state index contributed by atoms with van der Waals surface area (Å²) in [5, 5.41) is 0.785. The summed E-state index contributed by atoms with van der Waals surface area (Å²) in [6.45, 7) is 5.78. The monoisotopic (exact) mass is 369 g/mol. The van der Waals surface area contributed by atoms with Crippen LogP contribution in [0, 0.1) is 13.8 Å². The summed E-state index contributed by atoms with van der Waals surface area (Å²) in [6, 6.07) is 9.91. The molecule has 0 unspecified atom stereocenters. The Hall–Kier alpha value is -2.05. The molecule has 3 heterocycles. The molecular weight excluding hydrogens is 346 g/mol. The molecule has 0 bridgehead atoms. The smallest absolute Gasteiger partial charge is 0.175 e. The summed E-state index contributed by atoms with van der Waals surface area (Å²) < 4.78 is 7.97. The van der Waals surface area contributed by atoms with Gasteiger partial charge in [0.2, 0.25) is 0 Å². The molecule has 5 nitrogen and oxygen atoms in total. The number of rotatable bonds is 6. The highest BCUT2D eigenvalue weighted by Crippen LogP contribution is 2.24. The number of imidazole rings is 1. The van der Waals surface area contributed by atoms with Crippen LogP contribution in [0.15, 0.2) is 35.5 Å². The van der Waals surface area contributed by atoms with Crippen LogP contribution in [0.2, 0.25) is 0 Å². The number of carbonyl (C=O) groups is 1. The average Bonchev–Trinajstić information content (AvgIpc) is 3.35. The Bertz CT molecular complexity index is 905. The van der Waals surface area contributed by atoms with Crippen molar-refractivity contribution in [2.45, 2.75) is 44.5 Å². The first-order chi connectivity index (χ1) is 12.6. The number of aromatic nitrogens is 3. The lowest BCUT2D eigenvalue weighted by Gasteiger charge is -2.14. The number of aryl methyl sites for hydroxylation is 1. The van der Waals surface area contributed by atoms with Gasteiger partial charge in [-0.2, -0.15) is 0 Å². The molecule has 1 fully saturated rings. The van der Waals surface area contributed by atoms with Crippen LogP contribution in [0.25, 0.3) is 11.0 Å². The quantitative estimate of drug-likeness (QED) is 0.524. The predicted octanol–water partition coefficient (Wildman–Crippen LogP) is 4.14. The minimum absolute atomic E-state index is 0.141. The van der Waals surface area contributed by atoms with Gasteiger partial charge in [-0.15, -0.1) is 0 Å². The molecule has 0 saturated carbocycles. The second-order valence-corrected chi connectivity index (χ2v) is 7.77. The van der Waals surface area contributed by atoms with Gasteiger partial charge < -0.3 is 14.3 Å². The van der Waals surface area contributed by atoms with Crippen molar-refractivity contribution < 1.29 is 9.53 Å². The van der Waals surface area contributed by atoms with E-state index in [9.17, 15) is 4.79 Å². The Labute approximate surface area is 157 Å². The molecule has 1 N–H and O–H groups in total. The number of fused-ring (bicyclic) bond motifs is 1. The maximum absolute atomic E-state index is 12.7. The van der Waals surface area contributed by atoms with Crippen molar-refractivity contribution in [3.8, 4) is 0 Å². The number of Topliss-reactive ketones (excluding diaryl/α,β-unsaturated/α-hetero) is 1. The molecule has 3 aromatic rings. The van der Waals surface area contributed by atoms with E-state index in [0.29, 0.717) is 5.75 Å². The van der Waals surface area contributed by atoms with E-state index in [-0.39, 0.29) is 11.9 Å². The highest BCUT2D eigenvalue weighted by Gasteiger charge is 2.21. The zero-order chi connectivity index (χ0) is 18.1. The molecule has 2 aromatic heterocycles. The second kappa shape index (κ2) is 7.29. The van der Waals surface area contributed by atoms with E-state index in [1.54, 1.807) is 0 Å². The van der Waals surface area contributed by atoms with Crippen LogP contribution in [-0.2, 0) is 11.3 Å². The van der Waals surface area contributed by atoms with Gasteiger partial charge in [0.15, 0.2) is 10.9 Å². The minimum atomic E-state index is 0.141. The number of benzene rings is 1. The number of thioether (sulfide) groups is 1. The van der Waals surface area contributed by atoms with Gasteiger partial charge in [0, 0.05) is 30.1 Å². The van der Waals surface area contributed by atoms with Gasteiger partial charge in [-0.3, -0.25) is 4.79 Å². The van der Waals surface area contributed by atoms with Crippen molar-refractivity contribution in [2.24, 2.45) is 0 Å². The number of carbonyl (C=O) groups excluding carboxylic acids is 1. The number of nitrogens with zero attached hydrogens (tertiary/aromatic N) is 2. The predicted molar refractivity (Wildman–Crippen MR) is 104 cm³/mol. The summed E-state index contributed by atoms with van der Waals surface area (Å²) in [6.07, 6.45) is 2.50. The topological polar surface area (TPSA) is 59.9 Å². The van der Waals surface area contributed by atoms with Crippen LogP contribution in [0.1, 0.15) is 34.6 Å². The number of nitrogens with one attached hydrogen (secondary N) is 1. The third-order valence-electron chi connectivity index (χ3n) is 4.99. The molecule has 6 heteroatoms. The van der Waals surface area contributed by atoms with Crippen molar-refractivity contribution in [3.63, 3.8) is 0 Å². The summed E-state index contributed by atoms with van der Waals surface area (Å²) in [5.74, 6) is 0.520. The van der Waals surface area contributed by atoms with Crippen molar-refractivity contribution in [2.75, 3.05) is 12.4 Å². The van der Waals surface area contributed by atoms with Gasteiger partial charge in [0.05, 0.1) is 22.9 Å². The Morgan fingerprint density at radius 3 is 3.00 bits per heavy atom. The normalized spacial score (nSPS) is 17.2. The average molecular weight is 369 g/mol. The number of aromatic amines is 1. The third-order valence-corrected chi connectivity index (χ3v) is 5.87. The fourth-order valence-electron chi connectivity index (χ4n) is 3.57. The van der Waals surface area contributed by atoms with Crippen LogP contribution in [0.3, 0.4) is 0 Å². The Morgan fingerprint density at radius 2 is 2.23 bits per heavy atom. The summed E-state index contributed by atoms with van der Waals surface area (Å²) in [5.41, 5.74) is 4.89. The van der Waals surface area contributed by atoms with Gasteiger partial charge in [-0.1, -0.05) is 23.9 Å². The molecule has 4 rings (SSSR count). The molecular formula is C20H23N3O2S. The van der Waals surface area contributed by atoms with Gasteiger partial charge in [-0.25, -0.2) is 4.98 Å². The highest BCUT2D eigenvalue weighted by molar-refractivity contribution is 7.99. The van der Waals surface area contributed by atoms with Gasteiger partial charge in [-0.05, 0) is 44.9 Å². The molecule has 0 aliphatic carbocycles. The van der Waals surface area contributed by atoms with Crippen LogP contribution in [0.5, 0.6) is 0 Å². The molecule has 1 atom stereocenters. The molecule has 1 aliphatic heterocycles. The zero-order valence-electron chi connectivity index (χ0n) is 15.1. The molecule has 136 valence electrons. The van der Waals surface area contributed by atoms with Crippen LogP contribution in [-0.4, -0.2) is 38.8 Å². The first kappa shape index (κ1) is 17.4. The van der Waals surface area contributed by atoms with Crippen molar-refractivity contribution in [1.29, 1.82) is 0 Å². The van der Waals surface area contributed by atoms with Crippen molar-refractivity contribution in [3.05, 3.63) is 47.3 Å². The first-order valence-electron chi connectivity index (χ1n) is 9.01. The fraction of sp³-hybridized carbons (Fsp3) is 0.400. The SMILES string of the molecule is Cc1cc(C(=O)CSc2nc3ccccc3[nH]2)c(C)n1C[C@H]1CCCO1. The summed E-state index contributed by atoms with van der Waals surface area (Å²) >= 11 is 1.46. The summed E-state index contributed by atoms with van der Waals surface area (Å²) in [7, 11) is 0. The number of para-hydroxylation sites is 2. The number of ketones is 1. The standard InChI is InChI=1S/C20H23N3O2S/c1-13-10-16(14(2)23(13)11-15-6-5-9-25-15)19(24)12-26-20-21-17-7-3-4-8-18(17)22-20/h3-4,7-8,10,15H,5-6,9,11-12H2,1-2H3,(H,21,22)/t15-/m1/s1. The lowest BCUT2D eigenvalue weighted by molar-refractivity contribution is 0.0957. The Kier molecular flexibility index (Phi) is 4.87. The highest BCUT2D eigenvalue weighted by atomic mass is 32.2. The fourth-order valence-corrected chi connectivity index (χ4v) is 4.33. The van der Waals surface area contributed by atoms with E-state index in [1.807, 2.05) is 37.3 Å². The molecule has 0 radical (unpaired) electrons.